The third kappa shape index (κ3) is 8.43. The molecule has 0 aliphatic carbocycles. The monoisotopic (exact) mass is 654 g/mol. The zero-order valence-electron chi connectivity index (χ0n) is 26.1. The topological polar surface area (TPSA) is 118 Å². The van der Waals surface area contributed by atoms with Crippen LogP contribution in [0.4, 0.5) is 34.6 Å². The molecule has 2 aromatic heterocycles. The van der Waals surface area contributed by atoms with Gasteiger partial charge in [-0.15, -0.1) is 0 Å². The maximum Gasteiger partial charge on any atom is 0.408 e. The number of nitrogens with one attached hydrogen (secondary N) is 2. The summed E-state index contributed by atoms with van der Waals surface area (Å²) in [5, 5.41) is 9.64. The van der Waals surface area contributed by atoms with Gasteiger partial charge in [-0.1, -0.05) is 18.2 Å². The molecule has 47 heavy (non-hydrogen) atoms. The first kappa shape index (κ1) is 33.4. The van der Waals surface area contributed by atoms with Gasteiger partial charge in [-0.3, -0.25) is 19.1 Å². The van der Waals surface area contributed by atoms with Crippen LogP contribution in [0.5, 0.6) is 0 Å². The van der Waals surface area contributed by atoms with E-state index in [4.69, 9.17) is 4.74 Å². The quantitative estimate of drug-likeness (QED) is 0.164. The summed E-state index contributed by atoms with van der Waals surface area (Å²) in [6.07, 6.45) is -0.600. The molecule has 0 atom stereocenters. The molecule has 2 aromatic carbocycles. The van der Waals surface area contributed by atoms with Gasteiger partial charge in [-0.25, -0.2) is 9.37 Å². The Morgan fingerprint density at radius 3 is 2.32 bits per heavy atom. The molecule has 0 saturated carbocycles. The number of amides is 2. The smallest absolute Gasteiger partial charge is 0.408 e. The fraction of sp³-hybridized carbons (Fsp3) is 0.364. The summed E-state index contributed by atoms with van der Waals surface area (Å²) in [4.78, 5) is 45.9. The molecule has 4 aromatic rings. The Kier molecular flexibility index (Phi) is 9.50. The van der Waals surface area contributed by atoms with E-state index in [1.807, 2.05) is 4.90 Å². The molecule has 5 rings (SSSR count). The largest absolute Gasteiger partial charge is 0.460 e. The lowest BCUT2D eigenvalue weighted by Crippen LogP contribution is -2.31. The lowest BCUT2D eigenvalue weighted by Gasteiger charge is -2.30. The molecule has 14 heteroatoms. The number of alkyl halides is 3. The number of halogens is 4. The van der Waals surface area contributed by atoms with Crippen molar-refractivity contribution in [3.8, 4) is 0 Å². The number of rotatable bonds is 8. The first-order chi connectivity index (χ1) is 22.2. The van der Waals surface area contributed by atoms with Gasteiger partial charge in [0.15, 0.2) is 5.69 Å². The number of hydrogen-bond donors (Lipinski definition) is 2. The summed E-state index contributed by atoms with van der Waals surface area (Å²) in [6, 6.07) is 11.1. The first-order valence-electron chi connectivity index (χ1n) is 15.1. The Morgan fingerprint density at radius 2 is 1.62 bits per heavy atom. The summed E-state index contributed by atoms with van der Waals surface area (Å²) >= 11 is 0. The van der Waals surface area contributed by atoms with Crippen LogP contribution in [-0.4, -0.2) is 57.4 Å². The van der Waals surface area contributed by atoms with Crippen molar-refractivity contribution in [3.63, 3.8) is 0 Å². The van der Waals surface area contributed by atoms with Crippen molar-refractivity contribution in [2.75, 3.05) is 28.6 Å². The molecule has 248 valence electrons. The summed E-state index contributed by atoms with van der Waals surface area (Å²) < 4.78 is 60.0. The number of anilines is 3. The van der Waals surface area contributed by atoms with E-state index < -0.39 is 41.9 Å². The van der Waals surface area contributed by atoms with E-state index in [0.29, 0.717) is 18.8 Å². The molecule has 1 aliphatic heterocycles. The number of para-hydroxylation sites is 1. The zero-order valence-corrected chi connectivity index (χ0v) is 26.1. The van der Waals surface area contributed by atoms with E-state index in [-0.39, 0.29) is 45.6 Å². The molecule has 0 radical (unpaired) electrons. The second-order valence-corrected chi connectivity index (χ2v) is 12.2. The van der Waals surface area contributed by atoms with Crippen molar-refractivity contribution < 1.29 is 36.7 Å². The number of hydrogen-bond acceptors (Lipinski definition) is 7. The number of ether oxygens (including phenoxy) is 1. The summed E-state index contributed by atoms with van der Waals surface area (Å²) in [5.74, 6) is -2.70. The molecular weight excluding hydrogens is 620 g/mol. The van der Waals surface area contributed by atoms with Gasteiger partial charge >= 0.3 is 12.1 Å². The van der Waals surface area contributed by atoms with Crippen molar-refractivity contribution in [3.05, 3.63) is 77.5 Å². The zero-order chi connectivity index (χ0) is 33.9. The highest BCUT2D eigenvalue weighted by atomic mass is 19.4. The third-order valence-electron chi connectivity index (χ3n) is 7.33. The number of benzene rings is 2. The minimum atomic E-state index is -4.56. The standard InChI is InChI=1S/C33H34F4N6O4/c1-32(2,3)47-28(44)16-20-15-21(34)11-12-23(20)39-30(45)25-17-24(27(18-38-25)42-13-7-4-8-14-42)40-31(46)29-22-9-5-6-10-26(22)43(41-29)19-33(35,36)37/h5-6,9-12,15,17-18H,4,7-8,13-14,16,19H2,1-3H3,(H,39,45)(H,38,40,46). The van der Waals surface area contributed by atoms with Gasteiger partial charge in [-0.2, -0.15) is 18.3 Å². The highest BCUT2D eigenvalue weighted by Gasteiger charge is 2.31. The van der Waals surface area contributed by atoms with Crippen molar-refractivity contribution in [1.82, 2.24) is 14.8 Å². The normalized spacial score (nSPS) is 13.8. The van der Waals surface area contributed by atoms with Crippen LogP contribution in [0.15, 0.2) is 54.7 Å². The van der Waals surface area contributed by atoms with E-state index in [1.54, 1.807) is 32.9 Å². The summed E-state index contributed by atoms with van der Waals surface area (Å²) in [5.41, 5.74) is 0.139. The number of esters is 1. The van der Waals surface area contributed by atoms with Gasteiger partial charge in [0.05, 0.1) is 29.5 Å². The summed E-state index contributed by atoms with van der Waals surface area (Å²) in [6.45, 7) is 5.06. The maximum absolute atomic E-state index is 14.1. The van der Waals surface area contributed by atoms with Gasteiger partial charge in [0.2, 0.25) is 0 Å². The van der Waals surface area contributed by atoms with Crippen molar-refractivity contribution in [1.29, 1.82) is 0 Å². The molecule has 2 N–H and O–H groups in total. The van der Waals surface area contributed by atoms with Crippen LogP contribution >= 0.6 is 0 Å². The van der Waals surface area contributed by atoms with Crippen LogP contribution in [0.3, 0.4) is 0 Å². The SMILES string of the molecule is CC(C)(C)OC(=O)Cc1cc(F)ccc1NC(=O)c1cc(NC(=O)c2nn(CC(F)(F)F)c3ccccc23)c(N2CCCCC2)cn1. The van der Waals surface area contributed by atoms with E-state index in [9.17, 15) is 31.9 Å². The van der Waals surface area contributed by atoms with Gasteiger partial charge in [0.1, 0.15) is 23.7 Å². The molecule has 2 amide bonds. The van der Waals surface area contributed by atoms with Crippen molar-refractivity contribution >= 4 is 45.7 Å². The molecule has 10 nitrogen and oxygen atoms in total. The molecule has 1 saturated heterocycles. The predicted octanol–water partition coefficient (Wildman–Crippen LogP) is 6.51. The Morgan fingerprint density at radius 1 is 0.915 bits per heavy atom. The van der Waals surface area contributed by atoms with Crippen LogP contribution in [0.25, 0.3) is 10.9 Å². The van der Waals surface area contributed by atoms with Crippen LogP contribution < -0.4 is 15.5 Å². The number of nitrogens with zero attached hydrogens (tertiary/aromatic N) is 4. The second kappa shape index (κ2) is 13.4. The van der Waals surface area contributed by atoms with Crippen molar-refractivity contribution in [2.24, 2.45) is 0 Å². The lowest BCUT2D eigenvalue weighted by molar-refractivity contribution is -0.154. The Hall–Kier alpha value is -5.01. The number of carbonyl (C=O) groups excluding carboxylic acids is 3. The average molecular weight is 655 g/mol. The van der Waals surface area contributed by atoms with Gasteiger partial charge in [-0.05, 0) is 75.9 Å². The molecule has 1 fully saturated rings. The van der Waals surface area contributed by atoms with Crippen LogP contribution in [-0.2, 0) is 22.5 Å². The number of aromatic nitrogens is 3. The number of fused-ring (bicyclic) bond motifs is 1. The minimum absolute atomic E-state index is 0.110. The highest BCUT2D eigenvalue weighted by Crippen LogP contribution is 2.31. The number of carbonyl (C=O) groups is 3. The van der Waals surface area contributed by atoms with Crippen LogP contribution in [0.2, 0.25) is 0 Å². The minimum Gasteiger partial charge on any atom is -0.460 e. The maximum atomic E-state index is 14.1. The van der Waals surface area contributed by atoms with E-state index in [0.717, 1.165) is 36.1 Å². The fourth-order valence-corrected chi connectivity index (χ4v) is 5.38. The van der Waals surface area contributed by atoms with Crippen LogP contribution in [0.1, 0.15) is 66.6 Å². The molecular formula is C33H34F4N6O4. The Balaban J connectivity index is 1.45. The van der Waals surface area contributed by atoms with Gasteiger partial charge in [0.25, 0.3) is 11.8 Å². The molecule has 1 aliphatic rings. The molecule has 0 unspecified atom stereocenters. The Bertz CT molecular complexity index is 1810. The predicted molar refractivity (Wildman–Crippen MR) is 168 cm³/mol. The number of pyridine rings is 1. The highest BCUT2D eigenvalue weighted by molar-refractivity contribution is 6.13. The van der Waals surface area contributed by atoms with E-state index >= 15 is 0 Å². The van der Waals surface area contributed by atoms with E-state index in [2.05, 4.69) is 20.7 Å². The number of piperidine rings is 1. The average Bonchev–Trinajstić information content (AvgIpc) is 3.35. The lowest BCUT2D eigenvalue weighted by atomic mass is 10.1. The first-order valence-corrected chi connectivity index (χ1v) is 15.1. The van der Waals surface area contributed by atoms with Gasteiger partial charge in [0, 0.05) is 24.2 Å². The van der Waals surface area contributed by atoms with Gasteiger partial charge < -0.3 is 20.3 Å². The van der Waals surface area contributed by atoms with E-state index in [1.165, 1.54) is 30.5 Å². The molecule has 3 heterocycles. The summed E-state index contributed by atoms with van der Waals surface area (Å²) in [7, 11) is 0. The third-order valence-corrected chi connectivity index (χ3v) is 7.33. The van der Waals surface area contributed by atoms with Crippen molar-refractivity contribution in [2.45, 2.75) is 64.8 Å². The fourth-order valence-electron chi connectivity index (χ4n) is 5.38. The molecule has 0 bridgehead atoms. The second-order valence-electron chi connectivity index (χ2n) is 12.2. The molecule has 0 spiro atoms. The Labute approximate surface area is 268 Å². The van der Waals surface area contributed by atoms with Crippen LogP contribution in [0, 0.1) is 5.82 Å².